The number of piperazine rings is 1. The zero-order valence-corrected chi connectivity index (χ0v) is 22.4. The summed E-state index contributed by atoms with van der Waals surface area (Å²) in [4.78, 5) is 25.8. The summed E-state index contributed by atoms with van der Waals surface area (Å²) < 4.78 is 11.7. The second-order valence-electron chi connectivity index (χ2n) is 10.2. The van der Waals surface area contributed by atoms with E-state index in [9.17, 15) is 0 Å². The van der Waals surface area contributed by atoms with E-state index in [-0.39, 0.29) is 0 Å². The minimum atomic E-state index is -1.82. The van der Waals surface area contributed by atoms with Crippen LogP contribution in [0.15, 0.2) is 72.8 Å². The first kappa shape index (κ1) is 27.3. The lowest BCUT2D eigenvalue weighted by molar-refractivity contribution is -0.159. The fourth-order valence-corrected chi connectivity index (χ4v) is 5.64. The van der Waals surface area contributed by atoms with E-state index in [0.717, 1.165) is 57.3 Å². The van der Waals surface area contributed by atoms with Gasteiger partial charge >= 0.3 is 11.9 Å². The number of hydrogen-bond donors (Lipinski definition) is 2. The summed E-state index contributed by atoms with van der Waals surface area (Å²) in [5.74, 6) is -1.25. The Kier molecular flexibility index (Phi) is 8.71. The maximum Gasteiger partial charge on any atom is 0.414 e. The number of nitrogens with zero attached hydrogens (tertiary/aromatic N) is 3. The van der Waals surface area contributed by atoms with Gasteiger partial charge in [-0.3, -0.25) is 4.90 Å². The van der Waals surface area contributed by atoms with Crippen molar-refractivity contribution in [3.63, 3.8) is 0 Å². The number of benzene rings is 3. The van der Waals surface area contributed by atoms with Gasteiger partial charge in [-0.05, 0) is 42.3 Å². The molecule has 1 unspecified atom stereocenters. The Labute approximate surface area is 234 Å². The van der Waals surface area contributed by atoms with Crippen molar-refractivity contribution in [1.29, 1.82) is 0 Å². The van der Waals surface area contributed by atoms with Gasteiger partial charge < -0.3 is 29.5 Å². The highest BCUT2D eigenvalue weighted by Crippen LogP contribution is 2.41. The van der Waals surface area contributed by atoms with E-state index >= 15 is 0 Å². The molecule has 0 aliphatic carbocycles. The van der Waals surface area contributed by atoms with Crippen LogP contribution < -0.4 is 19.3 Å². The van der Waals surface area contributed by atoms with Gasteiger partial charge in [-0.25, -0.2) is 9.59 Å². The first-order valence-corrected chi connectivity index (χ1v) is 13.7. The Bertz CT molecular complexity index is 1300. The van der Waals surface area contributed by atoms with Gasteiger partial charge in [-0.1, -0.05) is 54.6 Å². The second kappa shape index (κ2) is 12.7. The van der Waals surface area contributed by atoms with Crippen LogP contribution in [-0.4, -0.2) is 79.5 Å². The topological polar surface area (TPSA) is 103 Å². The number of fused-ring (bicyclic) bond motifs is 2. The third kappa shape index (κ3) is 6.48. The lowest BCUT2D eigenvalue weighted by atomic mass is 9.97. The molecule has 0 bridgehead atoms. The van der Waals surface area contributed by atoms with E-state index in [2.05, 4.69) is 81.4 Å². The van der Waals surface area contributed by atoms with E-state index < -0.39 is 11.9 Å². The van der Waals surface area contributed by atoms with Crippen molar-refractivity contribution in [3.05, 3.63) is 83.9 Å². The normalized spacial score (nSPS) is 17.9. The van der Waals surface area contributed by atoms with Gasteiger partial charge in [0.05, 0.1) is 5.69 Å². The van der Waals surface area contributed by atoms with Crippen LogP contribution in [0.1, 0.15) is 23.5 Å². The van der Waals surface area contributed by atoms with Gasteiger partial charge in [0.1, 0.15) is 13.2 Å². The zero-order valence-electron chi connectivity index (χ0n) is 22.4. The molecule has 9 nitrogen and oxygen atoms in total. The van der Waals surface area contributed by atoms with Crippen molar-refractivity contribution in [2.45, 2.75) is 18.9 Å². The molecule has 3 aromatic carbocycles. The molecule has 6 rings (SSSR count). The van der Waals surface area contributed by atoms with Crippen LogP contribution in [0.3, 0.4) is 0 Å². The Morgan fingerprint density at radius 2 is 1.45 bits per heavy atom. The van der Waals surface area contributed by atoms with Gasteiger partial charge in [0.25, 0.3) is 0 Å². The Morgan fingerprint density at radius 1 is 0.775 bits per heavy atom. The smallest absolute Gasteiger partial charge is 0.414 e. The number of para-hydroxylation sites is 2. The molecular weight excluding hydrogens is 510 g/mol. The molecule has 3 aliphatic heterocycles. The Hall–Kier alpha value is -4.24. The first-order valence-electron chi connectivity index (χ1n) is 13.7. The highest BCUT2D eigenvalue weighted by atomic mass is 16.6. The van der Waals surface area contributed by atoms with Crippen LogP contribution in [-0.2, 0) is 16.1 Å². The molecule has 3 aromatic rings. The van der Waals surface area contributed by atoms with E-state index in [1.807, 2.05) is 6.07 Å². The summed E-state index contributed by atoms with van der Waals surface area (Å²) in [6, 6.07) is 26.1. The zero-order chi connectivity index (χ0) is 27.9. The quantitative estimate of drug-likeness (QED) is 0.446. The maximum atomic E-state index is 9.10. The molecule has 0 radical (unpaired) electrons. The lowest BCUT2D eigenvalue weighted by Gasteiger charge is -2.37. The van der Waals surface area contributed by atoms with Crippen LogP contribution in [0.25, 0.3) is 0 Å². The summed E-state index contributed by atoms with van der Waals surface area (Å²) in [7, 11) is 0. The van der Waals surface area contributed by atoms with Crippen molar-refractivity contribution >= 4 is 23.3 Å². The minimum absolute atomic E-state index is 0.602. The molecule has 40 heavy (non-hydrogen) atoms. The number of carboxylic acids is 2. The number of carboxylic acid groups (broad SMARTS) is 2. The van der Waals surface area contributed by atoms with Crippen LogP contribution in [0.4, 0.5) is 11.4 Å². The molecule has 2 N–H and O–H groups in total. The van der Waals surface area contributed by atoms with E-state index in [1.165, 1.54) is 28.9 Å². The first-order chi connectivity index (χ1) is 19.5. The number of aliphatic carboxylic acids is 2. The molecular formula is C31H35N3O6. The molecule has 210 valence electrons. The van der Waals surface area contributed by atoms with Crippen LogP contribution in [0, 0.1) is 0 Å². The van der Waals surface area contributed by atoms with E-state index in [0.29, 0.717) is 19.1 Å². The van der Waals surface area contributed by atoms with Crippen molar-refractivity contribution in [1.82, 2.24) is 4.90 Å². The monoisotopic (exact) mass is 545 g/mol. The number of carbonyl (C=O) groups is 2. The molecule has 0 amide bonds. The predicted octanol–water partition coefficient (Wildman–Crippen LogP) is 3.93. The number of rotatable bonds is 6. The summed E-state index contributed by atoms with van der Waals surface area (Å²) in [5, 5.41) is 14.8. The average Bonchev–Trinajstić information content (AvgIpc) is 3.34. The SMILES string of the molecule is O=C(O)C(=O)O.c1ccc(CN2CC(CCN3CCN(c4cccc5c4OCCO5)CC3)c3ccccc32)cc1. The standard InChI is InChI=1S/C29H33N3O2.C2H2O4/c1-2-7-23(8-3-1)21-32-22-24(25-9-4-5-10-26(25)32)13-14-30-15-17-31(18-16-30)27-11-6-12-28-29(27)34-20-19-33-28;3-1(4)2(5)6/h1-12,24H,13-22H2;(H,3,4)(H,5,6). The largest absolute Gasteiger partial charge is 0.486 e. The van der Waals surface area contributed by atoms with Crippen LogP contribution >= 0.6 is 0 Å². The van der Waals surface area contributed by atoms with Gasteiger partial charge in [0.2, 0.25) is 0 Å². The Balaban J connectivity index is 0.000000487. The maximum absolute atomic E-state index is 9.10. The van der Waals surface area contributed by atoms with Gasteiger partial charge in [-0.2, -0.15) is 0 Å². The number of hydrogen-bond acceptors (Lipinski definition) is 7. The third-order valence-electron chi connectivity index (χ3n) is 7.61. The number of ether oxygens (including phenoxy) is 2. The van der Waals surface area contributed by atoms with Crippen molar-refractivity contribution in [3.8, 4) is 11.5 Å². The highest BCUT2D eigenvalue weighted by molar-refractivity contribution is 6.27. The molecule has 0 aromatic heterocycles. The van der Waals surface area contributed by atoms with Crippen LogP contribution in [0.2, 0.25) is 0 Å². The predicted molar refractivity (Wildman–Crippen MR) is 153 cm³/mol. The lowest BCUT2D eigenvalue weighted by Crippen LogP contribution is -2.47. The molecule has 0 saturated carbocycles. The molecule has 0 spiro atoms. The molecule has 9 heteroatoms. The molecule has 1 fully saturated rings. The summed E-state index contributed by atoms with van der Waals surface area (Å²) in [5.41, 5.74) is 5.49. The van der Waals surface area contributed by atoms with Crippen LogP contribution in [0.5, 0.6) is 11.5 Å². The third-order valence-corrected chi connectivity index (χ3v) is 7.61. The minimum Gasteiger partial charge on any atom is -0.486 e. The summed E-state index contributed by atoms with van der Waals surface area (Å²) in [6.45, 7) is 8.76. The Morgan fingerprint density at radius 3 is 2.20 bits per heavy atom. The van der Waals surface area contributed by atoms with Gasteiger partial charge in [0.15, 0.2) is 11.5 Å². The van der Waals surface area contributed by atoms with E-state index in [4.69, 9.17) is 29.3 Å². The van der Waals surface area contributed by atoms with Gasteiger partial charge in [0, 0.05) is 50.9 Å². The number of anilines is 2. The highest BCUT2D eigenvalue weighted by Gasteiger charge is 2.29. The molecule has 3 aliphatic rings. The summed E-state index contributed by atoms with van der Waals surface area (Å²) in [6.07, 6.45) is 1.21. The van der Waals surface area contributed by atoms with Gasteiger partial charge in [-0.15, -0.1) is 0 Å². The fraction of sp³-hybridized carbons (Fsp3) is 0.355. The average molecular weight is 546 g/mol. The fourth-order valence-electron chi connectivity index (χ4n) is 5.64. The molecule has 1 atom stereocenters. The molecule has 3 heterocycles. The van der Waals surface area contributed by atoms with Crippen molar-refractivity contribution in [2.75, 3.05) is 62.3 Å². The second-order valence-corrected chi connectivity index (χ2v) is 10.2. The summed E-state index contributed by atoms with van der Waals surface area (Å²) >= 11 is 0. The molecule has 1 saturated heterocycles. The van der Waals surface area contributed by atoms with E-state index in [1.54, 1.807) is 0 Å². The van der Waals surface area contributed by atoms with Crippen molar-refractivity contribution in [2.24, 2.45) is 0 Å². The van der Waals surface area contributed by atoms with Crippen molar-refractivity contribution < 1.29 is 29.3 Å².